The quantitative estimate of drug-likeness (QED) is 0.729. The number of aryl methyl sites for hydroxylation is 1. The fraction of sp³-hybridized carbons (Fsp3) is 0.565. The van der Waals surface area contributed by atoms with Crippen LogP contribution < -0.4 is 0 Å². The zero-order valence-electron chi connectivity index (χ0n) is 18.9. The molecule has 2 saturated heterocycles. The molecule has 1 amide bonds. The van der Waals surface area contributed by atoms with Crippen LogP contribution in [-0.2, 0) is 9.53 Å². The van der Waals surface area contributed by atoms with Crippen LogP contribution in [0.3, 0.4) is 0 Å². The number of carbonyl (C=O) groups excluding carboxylic acids is 1. The van der Waals surface area contributed by atoms with E-state index in [1.165, 1.54) is 6.42 Å². The number of carbonyl (C=O) groups is 2. The van der Waals surface area contributed by atoms with Gasteiger partial charge in [0.1, 0.15) is 5.58 Å². The number of aliphatic carboxylic acids is 1. The van der Waals surface area contributed by atoms with Crippen LogP contribution in [0.1, 0.15) is 35.9 Å². The van der Waals surface area contributed by atoms with Gasteiger partial charge in [-0.3, -0.25) is 9.69 Å². The number of furan rings is 1. The van der Waals surface area contributed by atoms with Gasteiger partial charge in [0.2, 0.25) is 0 Å². The topological polar surface area (TPSA) is 83.2 Å². The first kappa shape index (κ1) is 25.0. The summed E-state index contributed by atoms with van der Waals surface area (Å²) in [5.74, 6) is -1.65. The standard InChI is InChI=1S/C21H28N2O3.C2HF3O2/c1-4-25-12-16-9-10-22(3)21(11-16)13-23(14-21)20(24)19-15(2)17-7-5-6-8-18(17)26-19;3-2(4,5)1(6)7/h5-8,16H,4,9-14H2,1-3H3;(H,6,7). The minimum Gasteiger partial charge on any atom is -0.475 e. The van der Waals surface area contributed by atoms with E-state index in [-0.39, 0.29) is 11.4 Å². The van der Waals surface area contributed by atoms with Gasteiger partial charge in [-0.05, 0) is 52.3 Å². The van der Waals surface area contributed by atoms with E-state index in [0.29, 0.717) is 11.7 Å². The molecule has 0 radical (unpaired) electrons. The summed E-state index contributed by atoms with van der Waals surface area (Å²) in [6, 6.07) is 7.85. The predicted octanol–water partition coefficient (Wildman–Crippen LogP) is 3.95. The molecular weight excluding hydrogens is 441 g/mol. The zero-order chi connectivity index (χ0) is 24.4. The van der Waals surface area contributed by atoms with E-state index in [9.17, 15) is 18.0 Å². The summed E-state index contributed by atoms with van der Waals surface area (Å²) in [6.07, 6.45) is -2.80. The summed E-state index contributed by atoms with van der Waals surface area (Å²) in [5.41, 5.74) is 1.84. The first-order valence-corrected chi connectivity index (χ1v) is 10.8. The monoisotopic (exact) mass is 470 g/mol. The Hall–Kier alpha value is -2.59. The Balaban J connectivity index is 0.000000383. The maximum Gasteiger partial charge on any atom is 0.490 e. The van der Waals surface area contributed by atoms with E-state index in [0.717, 1.165) is 55.8 Å². The van der Waals surface area contributed by atoms with Gasteiger partial charge in [0.25, 0.3) is 5.91 Å². The molecule has 1 aromatic carbocycles. The maximum absolute atomic E-state index is 13.0. The van der Waals surface area contributed by atoms with Crippen molar-refractivity contribution in [3.8, 4) is 0 Å². The van der Waals surface area contributed by atoms with Crippen LogP contribution in [0.5, 0.6) is 0 Å². The molecule has 2 aliphatic rings. The maximum atomic E-state index is 13.0. The van der Waals surface area contributed by atoms with Gasteiger partial charge in [0.15, 0.2) is 5.76 Å². The summed E-state index contributed by atoms with van der Waals surface area (Å²) in [6.45, 7) is 8.26. The lowest BCUT2D eigenvalue weighted by Gasteiger charge is -2.58. The number of para-hydroxylation sites is 1. The SMILES string of the molecule is CCOCC1CCN(C)C2(C1)CN(C(=O)c1oc3ccccc3c1C)C2.O=C(O)C(F)(F)F. The zero-order valence-corrected chi connectivity index (χ0v) is 18.9. The summed E-state index contributed by atoms with van der Waals surface area (Å²) >= 11 is 0. The number of rotatable bonds is 4. The second-order valence-corrected chi connectivity index (χ2v) is 8.68. The van der Waals surface area contributed by atoms with Gasteiger partial charge in [0, 0.05) is 37.3 Å². The van der Waals surface area contributed by atoms with Gasteiger partial charge in [0.05, 0.1) is 5.54 Å². The van der Waals surface area contributed by atoms with Gasteiger partial charge in [-0.15, -0.1) is 0 Å². The smallest absolute Gasteiger partial charge is 0.475 e. The third-order valence-electron chi connectivity index (χ3n) is 6.45. The van der Waals surface area contributed by atoms with Crippen molar-refractivity contribution in [3.63, 3.8) is 0 Å². The van der Waals surface area contributed by atoms with Crippen LogP contribution in [0.15, 0.2) is 28.7 Å². The molecule has 0 saturated carbocycles. The number of halogens is 3. The molecular formula is C23H29F3N2O5. The molecule has 7 nitrogen and oxygen atoms in total. The molecule has 4 rings (SSSR count). The largest absolute Gasteiger partial charge is 0.490 e. The number of carboxylic acid groups (broad SMARTS) is 1. The van der Waals surface area contributed by atoms with Crippen LogP contribution in [-0.4, -0.2) is 78.4 Å². The summed E-state index contributed by atoms with van der Waals surface area (Å²) < 4.78 is 43.3. The van der Waals surface area contributed by atoms with Crippen molar-refractivity contribution < 1.29 is 37.0 Å². The van der Waals surface area contributed by atoms with E-state index < -0.39 is 12.1 Å². The third-order valence-corrected chi connectivity index (χ3v) is 6.45. The number of hydrogen-bond acceptors (Lipinski definition) is 5. The molecule has 33 heavy (non-hydrogen) atoms. The Morgan fingerprint density at radius 1 is 1.27 bits per heavy atom. The normalized spacial score (nSPS) is 20.3. The van der Waals surface area contributed by atoms with Crippen molar-refractivity contribution in [1.82, 2.24) is 9.80 Å². The predicted molar refractivity (Wildman–Crippen MR) is 115 cm³/mol. The Kier molecular flexibility index (Phi) is 7.38. The molecule has 2 aliphatic heterocycles. The Bertz CT molecular complexity index is 996. The van der Waals surface area contributed by atoms with Crippen LogP contribution in [0, 0.1) is 12.8 Å². The highest BCUT2D eigenvalue weighted by Gasteiger charge is 2.51. The number of ether oxygens (including phenoxy) is 1. The Morgan fingerprint density at radius 2 is 1.91 bits per heavy atom. The molecule has 2 aromatic rings. The van der Waals surface area contributed by atoms with Crippen molar-refractivity contribution in [2.24, 2.45) is 5.92 Å². The van der Waals surface area contributed by atoms with Crippen LogP contribution >= 0.6 is 0 Å². The molecule has 1 unspecified atom stereocenters. The highest BCUT2D eigenvalue weighted by Crippen LogP contribution is 2.39. The molecule has 0 aliphatic carbocycles. The number of fused-ring (bicyclic) bond motifs is 1. The highest BCUT2D eigenvalue weighted by molar-refractivity contribution is 5.99. The average molecular weight is 470 g/mol. The minimum atomic E-state index is -5.08. The van der Waals surface area contributed by atoms with Gasteiger partial charge < -0.3 is 19.2 Å². The van der Waals surface area contributed by atoms with Crippen LogP contribution in [0.2, 0.25) is 0 Å². The van der Waals surface area contributed by atoms with Crippen molar-refractivity contribution in [2.45, 2.75) is 38.4 Å². The number of carboxylic acids is 1. The Morgan fingerprint density at radius 3 is 2.48 bits per heavy atom. The third kappa shape index (κ3) is 5.33. The van der Waals surface area contributed by atoms with Gasteiger partial charge in [-0.2, -0.15) is 13.2 Å². The van der Waals surface area contributed by atoms with Crippen molar-refractivity contribution >= 4 is 22.8 Å². The van der Waals surface area contributed by atoms with E-state index >= 15 is 0 Å². The fourth-order valence-electron chi connectivity index (χ4n) is 4.54. The van der Waals surface area contributed by atoms with Crippen molar-refractivity contribution in [3.05, 3.63) is 35.6 Å². The second-order valence-electron chi connectivity index (χ2n) is 8.68. The summed E-state index contributed by atoms with van der Waals surface area (Å²) in [7, 11) is 2.19. The molecule has 1 atom stereocenters. The average Bonchev–Trinajstić information content (AvgIpc) is 3.08. The lowest BCUT2D eigenvalue weighted by Crippen LogP contribution is -2.72. The van der Waals surface area contributed by atoms with E-state index in [4.69, 9.17) is 19.1 Å². The number of likely N-dealkylation sites (tertiary alicyclic amines) is 2. The molecule has 0 bridgehead atoms. The fourth-order valence-corrected chi connectivity index (χ4v) is 4.54. The van der Waals surface area contributed by atoms with Crippen LogP contribution in [0.25, 0.3) is 11.0 Å². The molecule has 182 valence electrons. The van der Waals surface area contributed by atoms with Gasteiger partial charge in [-0.1, -0.05) is 18.2 Å². The number of benzene rings is 1. The van der Waals surface area contributed by atoms with Crippen LogP contribution in [0.4, 0.5) is 13.2 Å². The minimum absolute atomic E-state index is 0.0182. The summed E-state index contributed by atoms with van der Waals surface area (Å²) in [4.78, 5) is 26.3. The van der Waals surface area contributed by atoms with Gasteiger partial charge >= 0.3 is 12.1 Å². The molecule has 1 N–H and O–H groups in total. The molecule has 10 heteroatoms. The molecule has 2 fully saturated rings. The first-order chi connectivity index (χ1) is 15.5. The second kappa shape index (κ2) is 9.72. The summed E-state index contributed by atoms with van der Waals surface area (Å²) in [5, 5.41) is 8.15. The first-order valence-electron chi connectivity index (χ1n) is 10.8. The lowest BCUT2D eigenvalue weighted by molar-refractivity contribution is -0.192. The van der Waals surface area contributed by atoms with E-state index in [1.54, 1.807) is 0 Å². The van der Waals surface area contributed by atoms with E-state index in [2.05, 4.69) is 11.9 Å². The van der Waals surface area contributed by atoms with E-state index in [1.807, 2.05) is 43.0 Å². The number of alkyl halides is 3. The number of piperidine rings is 1. The highest BCUT2D eigenvalue weighted by atomic mass is 19.4. The van der Waals surface area contributed by atoms with Crippen molar-refractivity contribution in [2.75, 3.05) is 39.9 Å². The number of amides is 1. The molecule has 1 aromatic heterocycles. The lowest BCUT2D eigenvalue weighted by atomic mass is 9.75. The number of nitrogens with zero attached hydrogens (tertiary/aromatic N) is 2. The van der Waals surface area contributed by atoms with Gasteiger partial charge in [-0.25, -0.2) is 4.79 Å². The number of likely N-dealkylation sites (N-methyl/N-ethyl adjacent to an activating group) is 1. The number of hydrogen-bond donors (Lipinski definition) is 1. The van der Waals surface area contributed by atoms with Crippen molar-refractivity contribution in [1.29, 1.82) is 0 Å². The molecule has 1 spiro atoms. The molecule has 3 heterocycles. The Labute approximate surface area is 190 Å².